The molecule has 118 valence electrons. The van der Waals surface area contributed by atoms with Crippen LogP contribution in [-0.4, -0.2) is 27.4 Å². The monoisotopic (exact) mass is 301 g/mol. The third kappa shape index (κ3) is 4.67. The van der Waals surface area contributed by atoms with E-state index in [1.54, 1.807) is 14.2 Å². The Balaban J connectivity index is 1.75. The van der Waals surface area contributed by atoms with Gasteiger partial charge in [-0.2, -0.15) is 0 Å². The molecule has 0 radical (unpaired) electrons. The van der Waals surface area contributed by atoms with Gasteiger partial charge in [0.25, 0.3) is 0 Å². The van der Waals surface area contributed by atoms with Crippen molar-refractivity contribution in [2.24, 2.45) is 0 Å². The van der Waals surface area contributed by atoms with Gasteiger partial charge in [-0.15, -0.1) is 0 Å². The van der Waals surface area contributed by atoms with Gasteiger partial charge < -0.3 is 19.5 Å². The minimum Gasteiger partial charge on any atom is -0.497 e. The lowest BCUT2D eigenvalue weighted by atomic mass is 10.1. The van der Waals surface area contributed by atoms with E-state index < -0.39 is 0 Å². The quantitative estimate of drug-likeness (QED) is 0.758. The maximum absolute atomic E-state index is 5.69. The SMILES string of the molecule is COc1ccc(OCCN[C@H](C)c2cccc(OC)c2)cc1. The summed E-state index contributed by atoms with van der Waals surface area (Å²) in [7, 11) is 3.33. The fourth-order valence-corrected chi connectivity index (χ4v) is 2.14. The molecule has 1 atom stereocenters. The fourth-order valence-electron chi connectivity index (χ4n) is 2.14. The van der Waals surface area contributed by atoms with Crippen molar-refractivity contribution < 1.29 is 14.2 Å². The van der Waals surface area contributed by atoms with E-state index in [9.17, 15) is 0 Å². The highest BCUT2D eigenvalue weighted by atomic mass is 16.5. The van der Waals surface area contributed by atoms with Crippen LogP contribution in [0.4, 0.5) is 0 Å². The molecule has 0 aliphatic heterocycles. The lowest BCUT2D eigenvalue weighted by Crippen LogP contribution is -2.24. The minimum atomic E-state index is 0.245. The maximum atomic E-state index is 5.69. The van der Waals surface area contributed by atoms with Gasteiger partial charge in [0.15, 0.2) is 0 Å². The van der Waals surface area contributed by atoms with Crippen molar-refractivity contribution in [3.8, 4) is 17.2 Å². The highest BCUT2D eigenvalue weighted by molar-refractivity contribution is 5.31. The highest BCUT2D eigenvalue weighted by Gasteiger charge is 2.05. The zero-order valence-corrected chi connectivity index (χ0v) is 13.3. The maximum Gasteiger partial charge on any atom is 0.119 e. The summed E-state index contributed by atoms with van der Waals surface area (Å²) in [4.78, 5) is 0. The number of benzene rings is 2. The van der Waals surface area contributed by atoms with Crippen molar-refractivity contribution >= 4 is 0 Å². The smallest absolute Gasteiger partial charge is 0.119 e. The lowest BCUT2D eigenvalue weighted by molar-refractivity contribution is 0.307. The lowest BCUT2D eigenvalue weighted by Gasteiger charge is -2.15. The van der Waals surface area contributed by atoms with Crippen molar-refractivity contribution in [3.63, 3.8) is 0 Å². The molecule has 2 rings (SSSR count). The summed E-state index contributed by atoms with van der Waals surface area (Å²) in [5, 5.41) is 3.44. The van der Waals surface area contributed by atoms with Gasteiger partial charge in [0.2, 0.25) is 0 Å². The molecule has 2 aromatic carbocycles. The van der Waals surface area contributed by atoms with Crippen LogP contribution < -0.4 is 19.5 Å². The topological polar surface area (TPSA) is 39.7 Å². The van der Waals surface area contributed by atoms with Gasteiger partial charge in [-0.05, 0) is 48.9 Å². The highest BCUT2D eigenvalue weighted by Crippen LogP contribution is 2.19. The van der Waals surface area contributed by atoms with E-state index in [1.807, 2.05) is 42.5 Å². The number of nitrogens with one attached hydrogen (secondary N) is 1. The van der Waals surface area contributed by atoms with E-state index in [0.29, 0.717) is 6.61 Å². The standard InChI is InChI=1S/C18H23NO3/c1-14(15-5-4-6-18(13-15)21-3)19-11-12-22-17-9-7-16(20-2)8-10-17/h4-10,13-14,19H,11-12H2,1-3H3/t14-/m1/s1. The van der Waals surface area contributed by atoms with Gasteiger partial charge in [0.1, 0.15) is 23.9 Å². The Morgan fingerprint density at radius 3 is 2.27 bits per heavy atom. The van der Waals surface area contributed by atoms with Crippen LogP contribution in [0.15, 0.2) is 48.5 Å². The van der Waals surface area contributed by atoms with E-state index >= 15 is 0 Å². The first-order valence-corrected chi connectivity index (χ1v) is 7.37. The molecule has 0 saturated heterocycles. The summed E-state index contributed by atoms with van der Waals surface area (Å²) in [5.41, 5.74) is 1.20. The molecule has 4 nitrogen and oxygen atoms in total. The normalized spacial score (nSPS) is 11.8. The molecule has 1 N–H and O–H groups in total. The first-order chi connectivity index (χ1) is 10.7. The molecule has 2 aromatic rings. The van der Waals surface area contributed by atoms with E-state index in [1.165, 1.54) is 5.56 Å². The molecule has 0 heterocycles. The zero-order chi connectivity index (χ0) is 15.8. The summed E-state index contributed by atoms with van der Waals surface area (Å²) < 4.78 is 16.1. The Morgan fingerprint density at radius 2 is 1.59 bits per heavy atom. The van der Waals surface area contributed by atoms with Gasteiger partial charge in [-0.3, -0.25) is 0 Å². The molecule has 0 fully saturated rings. The van der Waals surface area contributed by atoms with Crippen LogP contribution in [0.25, 0.3) is 0 Å². The van der Waals surface area contributed by atoms with Crippen LogP contribution in [-0.2, 0) is 0 Å². The summed E-state index contributed by atoms with van der Waals surface area (Å²) in [6, 6.07) is 15.9. The van der Waals surface area contributed by atoms with E-state index in [0.717, 1.165) is 23.8 Å². The second kappa shape index (κ2) is 8.29. The van der Waals surface area contributed by atoms with E-state index in [-0.39, 0.29) is 6.04 Å². The molecule has 0 bridgehead atoms. The molecule has 4 heteroatoms. The van der Waals surface area contributed by atoms with Gasteiger partial charge >= 0.3 is 0 Å². The van der Waals surface area contributed by atoms with Gasteiger partial charge in [-0.1, -0.05) is 12.1 Å². The van der Waals surface area contributed by atoms with E-state index in [2.05, 4.69) is 18.3 Å². The first kappa shape index (κ1) is 16.2. The second-order valence-corrected chi connectivity index (χ2v) is 4.98. The minimum absolute atomic E-state index is 0.245. The number of hydrogen-bond donors (Lipinski definition) is 1. The molecule has 0 saturated carbocycles. The zero-order valence-electron chi connectivity index (χ0n) is 13.3. The van der Waals surface area contributed by atoms with Crippen LogP contribution >= 0.6 is 0 Å². The third-order valence-corrected chi connectivity index (χ3v) is 3.47. The number of ether oxygens (including phenoxy) is 3. The molecule has 0 aliphatic rings. The Hall–Kier alpha value is -2.20. The third-order valence-electron chi connectivity index (χ3n) is 3.47. The molecule has 0 spiro atoms. The van der Waals surface area contributed by atoms with Gasteiger partial charge in [0, 0.05) is 12.6 Å². The molecule has 0 amide bonds. The Morgan fingerprint density at radius 1 is 0.909 bits per heavy atom. The van der Waals surface area contributed by atoms with Crippen molar-refractivity contribution in [2.75, 3.05) is 27.4 Å². The van der Waals surface area contributed by atoms with Crippen molar-refractivity contribution in [3.05, 3.63) is 54.1 Å². The van der Waals surface area contributed by atoms with Crippen molar-refractivity contribution in [1.29, 1.82) is 0 Å². The number of hydrogen-bond acceptors (Lipinski definition) is 4. The largest absolute Gasteiger partial charge is 0.497 e. The first-order valence-electron chi connectivity index (χ1n) is 7.37. The van der Waals surface area contributed by atoms with Crippen LogP contribution in [0, 0.1) is 0 Å². The Bertz CT molecular complexity index is 569. The second-order valence-electron chi connectivity index (χ2n) is 4.98. The van der Waals surface area contributed by atoms with Crippen molar-refractivity contribution in [2.45, 2.75) is 13.0 Å². The van der Waals surface area contributed by atoms with Crippen LogP contribution in [0.5, 0.6) is 17.2 Å². The molecular weight excluding hydrogens is 278 g/mol. The molecular formula is C18H23NO3. The molecule has 22 heavy (non-hydrogen) atoms. The van der Waals surface area contributed by atoms with Crippen LogP contribution in [0.2, 0.25) is 0 Å². The predicted octanol–water partition coefficient (Wildman–Crippen LogP) is 3.43. The van der Waals surface area contributed by atoms with Gasteiger partial charge in [0.05, 0.1) is 14.2 Å². The Kier molecular flexibility index (Phi) is 6.10. The van der Waals surface area contributed by atoms with Gasteiger partial charge in [-0.25, -0.2) is 0 Å². The summed E-state index contributed by atoms with van der Waals surface area (Å²) >= 11 is 0. The summed E-state index contributed by atoms with van der Waals surface area (Å²) in [6.07, 6.45) is 0. The number of methoxy groups -OCH3 is 2. The summed E-state index contributed by atoms with van der Waals surface area (Å²) in [6.45, 7) is 3.51. The van der Waals surface area contributed by atoms with Crippen LogP contribution in [0.3, 0.4) is 0 Å². The predicted molar refractivity (Wildman–Crippen MR) is 87.9 cm³/mol. The summed E-state index contributed by atoms with van der Waals surface area (Å²) in [5.74, 6) is 2.55. The average Bonchev–Trinajstić information content (AvgIpc) is 2.59. The van der Waals surface area contributed by atoms with E-state index in [4.69, 9.17) is 14.2 Å². The Labute approximate surface area is 132 Å². The average molecular weight is 301 g/mol. The fraction of sp³-hybridized carbons (Fsp3) is 0.333. The van der Waals surface area contributed by atoms with Crippen LogP contribution in [0.1, 0.15) is 18.5 Å². The molecule has 0 aromatic heterocycles. The van der Waals surface area contributed by atoms with Crippen molar-refractivity contribution in [1.82, 2.24) is 5.32 Å². The number of rotatable bonds is 8. The molecule has 0 aliphatic carbocycles. The molecule has 0 unspecified atom stereocenters.